The SMILES string of the molecule is Cc1[c]cc(F)cc1-c1c(F)cc(F)cc1F. The first-order valence-corrected chi connectivity index (χ1v) is 4.82. The average Bonchev–Trinajstić information content (AvgIpc) is 2.21. The maximum absolute atomic E-state index is 13.5. The number of hydrogen-bond donors (Lipinski definition) is 0. The number of hydrogen-bond acceptors (Lipinski definition) is 0. The van der Waals surface area contributed by atoms with Gasteiger partial charge in [0.1, 0.15) is 23.3 Å². The Morgan fingerprint density at radius 1 is 0.882 bits per heavy atom. The number of benzene rings is 2. The molecule has 0 fully saturated rings. The summed E-state index contributed by atoms with van der Waals surface area (Å²) in [7, 11) is 0. The zero-order valence-electron chi connectivity index (χ0n) is 8.82. The number of rotatable bonds is 1. The van der Waals surface area contributed by atoms with Crippen molar-refractivity contribution in [1.82, 2.24) is 0 Å². The summed E-state index contributed by atoms with van der Waals surface area (Å²) in [5.74, 6) is -3.80. The molecule has 0 nitrogen and oxygen atoms in total. The minimum Gasteiger partial charge on any atom is -0.207 e. The first-order valence-electron chi connectivity index (χ1n) is 4.82. The van der Waals surface area contributed by atoms with E-state index in [4.69, 9.17) is 0 Å². The summed E-state index contributed by atoms with van der Waals surface area (Å²) < 4.78 is 52.8. The van der Waals surface area contributed by atoms with E-state index >= 15 is 0 Å². The molecule has 0 aliphatic carbocycles. The van der Waals surface area contributed by atoms with Gasteiger partial charge in [0.25, 0.3) is 0 Å². The molecule has 0 bridgehead atoms. The summed E-state index contributed by atoms with van der Waals surface area (Å²) in [5, 5.41) is 0. The van der Waals surface area contributed by atoms with Gasteiger partial charge in [0, 0.05) is 12.1 Å². The van der Waals surface area contributed by atoms with Crippen LogP contribution in [0.15, 0.2) is 24.3 Å². The van der Waals surface area contributed by atoms with Gasteiger partial charge < -0.3 is 0 Å². The fraction of sp³-hybridized carbons (Fsp3) is 0.0769. The molecule has 0 amide bonds. The summed E-state index contributed by atoms with van der Waals surface area (Å²) >= 11 is 0. The molecule has 17 heavy (non-hydrogen) atoms. The van der Waals surface area contributed by atoms with Crippen LogP contribution in [0.1, 0.15) is 5.56 Å². The number of halogens is 4. The van der Waals surface area contributed by atoms with E-state index in [1.165, 1.54) is 6.92 Å². The topological polar surface area (TPSA) is 0 Å². The van der Waals surface area contributed by atoms with E-state index in [0.29, 0.717) is 17.7 Å². The van der Waals surface area contributed by atoms with Crippen LogP contribution in [0.2, 0.25) is 0 Å². The van der Waals surface area contributed by atoms with Crippen LogP contribution in [0, 0.1) is 36.3 Å². The van der Waals surface area contributed by atoms with Crippen molar-refractivity contribution in [1.29, 1.82) is 0 Å². The van der Waals surface area contributed by atoms with Crippen LogP contribution >= 0.6 is 0 Å². The van der Waals surface area contributed by atoms with Gasteiger partial charge in [0.15, 0.2) is 0 Å². The highest BCUT2D eigenvalue weighted by molar-refractivity contribution is 5.68. The smallest absolute Gasteiger partial charge is 0.136 e. The summed E-state index contributed by atoms with van der Waals surface area (Å²) in [6.45, 7) is 1.54. The molecular formula is C13H7F4. The van der Waals surface area contributed by atoms with Gasteiger partial charge in [-0.1, -0.05) is 0 Å². The van der Waals surface area contributed by atoms with E-state index < -0.39 is 28.8 Å². The Morgan fingerprint density at radius 2 is 1.47 bits per heavy atom. The molecule has 2 aromatic carbocycles. The van der Waals surface area contributed by atoms with Gasteiger partial charge in [-0.25, -0.2) is 17.6 Å². The zero-order valence-corrected chi connectivity index (χ0v) is 8.82. The predicted octanol–water partition coefficient (Wildman–Crippen LogP) is 4.02. The monoisotopic (exact) mass is 239 g/mol. The highest BCUT2D eigenvalue weighted by atomic mass is 19.1. The molecule has 1 radical (unpaired) electrons. The maximum Gasteiger partial charge on any atom is 0.136 e. The van der Waals surface area contributed by atoms with E-state index in [1.807, 2.05) is 0 Å². The summed E-state index contributed by atoms with van der Waals surface area (Å²) in [6, 6.07) is 5.71. The van der Waals surface area contributed by atoms with Gasteiger partial charge in [0.05, 0.1) is 5.56 Å². The van der Waals surface area contributed by atoms with Crippen molar-refractivity contribution in [3.8, 4) is 11.1 Å². The molecule has 0 saturated carbocycles. The fourth-order valence-corrected chi connectivity index (χ4v) is 1.60. The third-order valence-corrected chi connectivity index (χ3v) is 2.39. The molecule has 0 heterocycles. The summed E-state index contributed by atoms with van der Waals surface area (Å²) in [6.07, 6.45) is 0. The molecule has 0 N–H and O–H groups in total. The van der Waals surface area contributed by atoms with Crippen LogP contribution in [0.25, 0.3) is 11.1 Å². The minimum atomic E-state index is -1.07. The van der Waals surface area contributed by atoms with Gasteiger partial charge in [-0.05, 0) is 36.2 Å². The molecule has 87 valence electrons. The Bertz CT molecular complexity index is 553. The van der Waals surface area contributed by atoms with Crippen molar-refractivity contribution < 1.29 is 17.6 Å². The van der Waals surface area contributed by atoms with Crippen LogP contribution in [-0.4, -0.2) is 0 Å². The third kappa shape index (κ3) is 2.16. The normalized spacial score (nSPS) is 10.6. The van der Waals surface area contributed by atoms with Crippen LogP contribution < -0.4 is 0 Å². The third-order valence-electron chi connectivity index (χ3n) is 2.39. The fourth-order valence-electron chi connectivity index (χ4n) is 1.60. The molecule has 0 unspecified atom stereocenters. The predicted molar refractivity (Wildman–Crippen MR) is 55.3 cm³/mol. The molecule has 0 aromatic heterocycles. The van der Waals surface area contributed by atoms with E-state index in [1.54, 1.807) is 0 Å². The molecule has 0 spiro atoms. The van der Waals surface area contributed by atoms with Crippen LogP contribution in [0.3, 0.4) is 0 Å². The Kier molecular flexibility index (Phi) is 2.88. The van der Waals surface area contributed by atoms with Gasteiger partial charge in [0.2, 0.25) is 0 Å². The Balaban J connectivity index is 2.72. The number of aryl methyl sites for hydroxylation is 1. The molecular weight excluding hydrogens is 232 g/mol. The second-order valence-corrected chi connectivity index (χ2v) is 3.60. The molecule has 0 aliphatic rings. The lowest BCUT2D eigenvalue weighted by Gasteiger charge is -2.08. The van der Waals surface area contributed by atoms with Gasteiger partial charge >= 0.3 is 0 Å². The van der Waals surface area contributed by atoms with Crippen LogP contribution in [-0.2, 0) is 0 Å². The molecule has 0 aliphatic heterocycles. The Labute approximate surface area is 95.5 Å². The lowest BCUT2D eigenvalue weighted by molar-refractivity contribution is 0.547. The molecule has 2 aromatic rings. The largest absolute Gasteiger partial charge is 0.207 e. The van der Waals surface area contributed by atoms with Crippen molar-refractivity contribution in [3.63, 3.8) is 0 Å². The quantitative estimate of drug-likeness (QED) is 0.659. The summed E-state index contributed by atoms with van der Waals surface area (Å²) in [4.78, 5) is 0. The first-order chi connectivity index (χ1) is 7.99. The van der Waals surface area contributed by atoms with Crippen LogP contribution in [0.5, 0.6) is 0 Å². The summed E-state index contributed by atoms with van der Waals surface area (Å²) in [5.41, 5.74) is -0.0320. The lowest BCUT2D eigenvalue weighted by Crippen LogP contribution is -1.95. The van der Waals surface area contributed by atoms with Crippen molar-refractivity contribution in [3.05, 3.63) is 59.2 Å². The Hall–Kier alpha value is -1.84. The van der Waals surface area contributed by atoms with Crippen molar-refractivity contribution in [2.45, 2.75) is 6.92 Å². The minimum absolute atomic E-state index is 0.0278. The van der Waals surface area contributed by atoms with Gasteiger partial charge in [-0.3, -0.25) is 0 Å². The van der Waals surface area contributed by atoms with Gasteiger partial charge in [-0.15, -0.1) is 0 Å². The maximum atomic E-state index is 13.5. The van der Waals surface area contributed by atoms with Crippen molar-refractivity contribution >= 4 is 0 Å². The van der Waals surface area contributed by atoms with E-state index in [0.717, 1.165) is 12.1 Å². The first kappa shape index (κ1) is 11.6. The second-order valence-electron chi connectivity index (χ2n) is 3.60. The molecule has 0 saturated heterocycles. The van der Waals surface area contributed by atoms with E-state index in [-0.39, 0.29) is 5.56 Å². The second kappa shape index (κ2) is 4.20. The highest BCUT2D eigenvalue weighted by Gasteiger charge is 2.15. The molecule has 2 rings (SSSR count). The van der Waals surface area contributed by atoms with E-state index in [9.17, 15) is 17.6 Å². The lowest BCUT2D eigenvalue weighted by atomic mass is 9.99. The van der Waals surface area contributed by atoms with Crippen molar-refractivity contribution in [2.24, 2.45) is 0 Å². The molecule has 0 atom stereocenters. The van der Waals surface area contributed by atoms with E-state index in [2.05, 4.69) is 6.07 Å². The molecule has 4 heteroatoms. The average molecular weight is 239 g/mol. The standard InChI is InChI=1S/C13H7F4/c1-7-2-3-8(14)4-10(7)13-11(16)5-9(15)6-12(13)17/h3-6H,1H3. The van der Waals surface area contributed by atoms with Crippen molar-refractivity contribution in [2.75, 3.05) is 0 Å². The zero-order chi connectivity index (χ0) is 12.6. The van der Waals surface area contributed by atoms with Gasteiger partial charge in [-0.2, -0.15) is 0 Å². The van der Waals surface area contributed by atoms with Crippen LogP contribution in [0.4, 0.5) is 17.6 Å². The Morgan fingerprint density at radius 3 is 2.06 bits per heavy atom. The highest BCUT2D eigenvalue weighted by Crippen LogP contribution is 2.29.